The molecule has 1 rings (SSSR count). The van der Waals surface area contributed by atoms with Crippen molar-refractivity contribution in [3.63, 3.8) is 0 Å². The van der Waals surface area contributed by atoms with Gasteiger partial charge in [-0.15, -0.1) is 0 Å². The summed E-state index contributed by atoms with van der Waals surface area (Å²) in [4.78, 5) is 10.3. The highest BCUT2D eigenvalue weighted by Gasteiger charge is 2.22. The van der Waals surface area contributed by atoms with E-state index in [2.05, 4.69) is 0 Å². The zero-order valence-electron chi connectivity index (χ0n) is 7.61. The maximum absolute atomic E-state index is 10.3. The molecule has 1 saturated heterocycles. The molecule has 0 amide bonds. The quantitative estimate of drug-likeness (QED) is 0.682. The first-order chi connectivity index (χ1) is 6.20. The lowest BCUT2D eigenvalue weighted by atomic mass is 9.93. The van der Waals surface area contributed by atoms with Gasteiger partial charge < -0.3 is 14.9 Å². The lowest BCUT2D eigenvalue weighted by Gasteiger charge is -2.17. The molecule has 0 bridgehead atoms. The number of carboxylic acid groups (broad SMARTS) is 1. The lowest BCUT2D eigenvalue weighted by Crippen LogP contribution is -2.20. The van der Waals surface area contributed by atoms with Gasteiger partial charge in [0.15, 0.2) is 0 Å². The van der Waals surface area contributed by atoms with Gasteiger partial charge in [-0.1, -0.05) is 0 Å². The molecule has 2 N–H and O–H groups in total. The van der Waals surface area contributed by atoms with Gasteiger partial charge in [-0.3, -0.25) is 4.79 Å². The molecule has 0 aromatic carbocycles. The Morgan fingerprint density at radius 1 is 1.38 bits per heavy atom. The van der Waals surface area contributed by atoms with Gasteiger partial charge in [-0.05, 0) is 25.2 Å². The first-order valence-electron chi connectivity index (χ1n) is 4.67. The second-order valence-corrected chi connectivity index (χ2v) is 3.45. The van der Waals surface area contributed by atoms with Crippen LogP contribution in [0.1, 0.15) is 25.7 Å². The van der Waals surface area contributed by atoms with E-state index in [-0.39, 0.29) is 18.4 Å². The minimum Gasteiger partial charge on any atom is -0.481 e. The average molecular weight is 188 g/mol. The maximum atomic E-state index is 10.3. The summed E-state index contributed by atoms with van der Waals surface area (Å²) >= 11 is 0. The monoisotopic (exact) mass is 188 g/mol. The van der Waals surface area contributed by atoms with E-state index in [1.165, 1.54) is 0 Å². The molecule has 76 valence electrons. The molecular weight excluding hydrogens is 172 g/mol. The molecule has 4 heteroatoms. The summed E-state index contributed by atoms with van der Waals surface area (Å²) in [5.74, 6) is -0.698. The van der Waals surface area contributed by atoms with E-state index in [0.29, 0.717) is 26.1 Å². The molecule has 0 aromatic heterocycles. The van der Waals surface area contributed by atoms with Gasteiger partial charge >= 0.3 is 5.97 Å². The number of carboxylic acids is 1. The molecule has 1 heterocycles. The van der Waals surface area contributed by atoms with Crippen molar-refractivity contribution in [2.75, 3.05) is 13.2 Å². The fourth-order valence-electron chi connectivity index (χ4n) is 1.61. The summed E-state index contributed by atoms with van der Waals surface area (Å²) < 4.78 is 5.19. The number of carbonyl (C=O) groups is 1. The summed E-state index contributed by atoms with van der Waals surface area (Å²) in [6.07, 6.45) is 1.71. The van der Waals surface area contributed by atoms with Gasteiger partial charge in [-0.2, -0.15) is 0 Å². The molecule has 1 aliphatic heterocycles. The molecule has 0 unspecified atom stereocenters. The molecule has 0 spiro atoms. The third kappa shape index (κ3) is 3.74. The summed E-state index contributed by atoms with van der Waals surface area (Å²) in [7, 11) is 0. The summed E-state index contributed by atoms with van der Waals surface area (Å²) in [6, 6.07) is 0. The van der Waals surface area contributed by atoms with Crippen LogP contribution in [0.15, 0.2) is 0 Å². The molecule has 0 aliphatic carbocycles. The van der Waals surface area contributed by atoms with Crippen LogP contribution in [0.5, 0.6) is 0 Å². The molecule has 0 radical (unpaired) electrons. The van der Waals surface area contributed by atoms with Gasteiger partial charge in [0, 0.05) is 19.6 Å². The highest BCUT2D eigenvalue weighted by atomic mass is 16.5. The first-order valence-corrected chi connectivity index (χ1v) is 4.67. The molecule has 1 fully saturated rings. The van der Waals surface area contributed by atoms with Crippen LogP contribution in [-0.2, 0) is 9.53 Å². The fraction of sp³-hybridized carbons (Fsp3) is 0.889. The van der Waals surface area contributed by atoms with Crippen LogP contribution >= 0.6 is 0 Å². The Balaban J connectivity index is 2.31. The summed E-state index contributed by atoms with van der Waals surface area (Å²) in [6.45, 7) is 1.23. The Labute approximate surface area is 77.5 Å². The second kappa shape index (κ2) is 5.19. The van der Waals surface area contributed by atoms with E-state index >= 15 is 0 Å². The van der Waals surface area contributed by atoms with Crippen molar-refractivity contribution < 1.29 is 19.7 Å². The molecule has 0 aromatic rings. The number of ether oxygens (including phenoxy) is 1. The van der Waals surface area contributed by atoms with Gasteiger partial charge in [0.1, 0.15) is 0 Å². The molecule has 0 saturated carbocycles. The van der Waals surface area contributed by atoms with Crippen LogP contribution in [0.3, 0.4) is 0 Å². The molecule has 4 nitrogen and oxygen atoms in total. The van der Waals surface area contributed by atoms with Crippen molar-refractivity contribution in [1.82, 2.24) is 0 Å². The minimum absolute atomic E-state index is 0.0959. The van der Waals surface area contributed by atoms with Crippen molar-refractivity contribution in [2.45, 2.75) is 31.8 Å². The SMILES string of the molecule is O=C(O)CC[C@H]1CCOCC[C@H]1O. The Kier molecular flexibility index (Phi) is 4.18. The number of aliphatic hydroxyl groups excluding tert-OH is 1. The van der Waals surface area contributed by atoms with Gasteiger partial charge in [0.25, 0.3) is 0 Å². The van der Waals surface area contributed by atoms with Gasteiger partial charge in [-0.25, -0.2) is 0 Å². The van der Waals surface area contributed by atoms with E-state index in [1.807, 2.05) is 0 Å². The highest BCUT2D eigenvalue weighted by molar-refractivity contribution is 5.66. The maximum Gasteiger partial charge on any atom is 0.303 e. The van der Waals surface area contributed by atoms with Crippen LogP contribution in [0, 0.1) is 5.92 Å². The normalized spacial score (nSPS) is 29.6. The van der Waals surface area contributed by atoms with E-state index < -0.39 is 5.97 Å². The Morgan fingerprint density at radius 3 is 2.77 bits per heavy atom. The predicted molar refractivity (Wildman–Crippen MR) is 46.4 cm³/mol. The Hall–Kier alpha value is -0.610. The fourth-order valence-corrected chi connectivity index (χ4v) is 1.61. The van der Waals surface area contributed by atoms with Crippen molar-refractivity contribution >= 4 is 5.97 Å². The lowest BCUT2D eigenvalue weighted by molar-refractivity contribution is -0.137. The number of aliphatic hydroxyl groups is 1. The molecule has 1 aliphatic rings. The second-order valence-electron chi connectivity index (χ2n) is 3.45. The third-order valence-electron chi connectivity index (χ3n) is 2.46. The zero-order valence-corrected chi connectivity index (χ0v) is 7.61. The van der Waals surface area contributed by atoms with Crippen molar-refractivity contribution in [3.05, 3.63) is 0 Å². The van der Waals surface area contributed by atoms with Crippen LogP contribution in [0.25, 0.3) is 0 Å². The van der Waals surface area contributed by atoms with E-state index in [1.54, 1.807) is 0 Å². The summed E-state index contributed by atoms with van der Waals surface area (Å²) in [5.41, 5.74) is 0. The Morgan fingerprint density at radius 2 is 2.08 bits per heavy atom. The topological polar surface area (TPSA) is 66.8 Å². The smallest absolute Gasteiger partial charge is 0.303 e. The van der Waals surface area contributed by atoms with E-state index in [4.69, 9.17) is 9.84 Å². The van der Waals surface area contributed by atoms with Crippen molar-refractivity contribution in [3.8, 4) is 0 Å². The molecule has 2 atom stereocenters. The Bertz CT molecular complexity index is 169. The predicted octanol–water partition coefficient (Wildman–Crippen LogP) is 0.639. The number of hydrogen-bond donors (Lipinski definition) is 2. The zero-order chi connectivity index (χ0) is 9.68. The van der Waals surface area contributed by atoms with Gasteiger partial charge in [0.05, 0.1) is 6.10 Å². The van der Waals surface area contributed by atoms with Crippen LogP contribution in [0.2, 0.25) is 0 Å². The number of aliphatic carboxylic acids is 1. The highest BCUT2D eigenvalue weighted by Crippen LogP contribution is 2.21. The largest absolute Gasteiger partial charge is 0.481 e. The molecule has 13 heavy (non-hydrogen) atoms. The van der Waals surface area contributed by atoms with Gasteiger partial charge in [0.2, 0.25) is 0 Å². The third-order valence-corrected chi connectivity index (χ3v) is 2.46. The average Bonchev–Trinajstić information content (AvgIpc) is 2.27. The van der Waals surface area contributed by atoms with E-state index in [9.17, 15) is 9.90 Å². The number of rotatable bonds is 3. The van der Waals surface area contributed by atoms with Crippen molar-refractivity contribution in [2.24, 2.45) is 5.92 Å². The van der Waals surface area contributed by atoms with E-state index in [0.717, 1.165) is 6.42 Å². The minimum atomic E-state index is -0.794. The molecular formula is C9H16O4. The first kappa shape index (κ1) is 10.5. The van der Waals surface area contributed by atoms with Crippen LogP contribution < -0.4 is 0 Å². The van der Waals surface area contributed by atoms with Crippen LogP contribution in [-0.4, -0.2) is 35.5 Å². The van der Waals surface area contributed by atoms with Crippen LogP contribution in [0.4, 0.5) is 0 Å². The summed E-state index contributed by atoms with van der Waals surface area (Å²) in [5, 5.41) is 18.1. The number of hydrogen-bond acceptors (Lipinski definition) is 3. The van der Waals surface area contributed by atoms with Crippen molar-refractivity contribution in [1.29, 1.82) is 0 Å². The standard InChI is InChI=1S/C9H16O4/c10-8-4-6-13-5-3-7(8)1-2-9(11)12/h7-8,10H,1-6H2,(H,11,12)/t7-,8+/m0/s1.